The highest BCUT2D eigenvalue weighted by Gasteiger charge is 2.54. The molecule has 0 unspecified atom stereocenters. The van der Waals surface area contributed by atoms with Crippen LogP contribution in [-0.4, -0.2) is 78.1 Å². The van der Waals surface area contributed by atoms with Crippen LogP contribution < -0.4 is 10.1 Å². The molecule has 2 amide bonds. The van der Waals surface area contributed by atoms with E-state index >= 15 is 0 Å². The first-order valence-electron chi connectivity index (χ1n) is 13.7. The van der Waals surface area contributed by atoms with Gasteiger partial charge in [0.1, 0.15) is 5.75 Å². The van der Waals surface area contributed by atoms with Crippen LogP contribution >= 0.6 is 11.3 Å². The average Bonchev–Trinajstić information content (AvgIpc) is 3.30. The van der Waals surface area contributed by atoms with E-state index in [9.17, 15) is 14.7 Å². The molecule has 2 N–H and O–H groups in total. The fraction of sp³-hybridized carbons (Fsp3) is 0.621. The first-order chi connectivity index (χ1) is 18.1. The molecule has 38 heavy (non-hydrogen) atoms. The highest BCUT2D eigenvalue weighted by atomic mass is 32.1. The van der Waals surface area contributed by atoms with Crippen LogP contribution in [0.4, 0.5) is 5.13 Å². The molecule has 206 valence electrons. The minimum Gasteiger partial charge on any atom is -0.497 e. The second-order valence-electron chi connectivity index (χ2n) is 11.8. The number of aliphatic hydroxyl groups is 1. The molecule has 0 spiro atoms. The topological polar surface area (TPSA) is 95.0 Å². The number of carbonyl (C=O) groups excluding carboxylic acids is 2. The van der Waals surface area contributed by atoms with Crippen molar-refractivity contribution < 1.29 is 19.4 Å². The van der Waals surface area contributed by atoms with Gasteiger partial charge in [-0.05, 0) is 67.8 Å². The summed E-state index contributed by atoms with van der Waals surface area (Å²) in [6.45, 7) is 9.74. The number of amides is 2. The number of carbonyl (C=O) groups is 2. The molecule has 1 aromatic carbocycles. The van der Waals surface area contributed by atoms with Gasteiger partial charge in [0.25, 0.3) is 5.91 Å². The number of aliphatic hydroxyl groups excluding tert-OH is 1. The second kappa shape index (κ2) is 10.6. The van der Waals surface area contributed by atoms with Crippen LogP contribution in [0.15, 0.2) is 24.3 Å². The number of fused-ring (bicyclic) bond motifs is 2. The molecule has 0 bridgehead atoms. The van der Waals surface area contributed by atoms with E-state index in [1.165, 1.54) is 4.88 Å². The Hall–Kier alpha value is -2.49. The summed E-state index contributed by atoms with van der Waals surface area (Å²) < 4.78 is 5.18. The zero-order valence-corrected chi connectivity index (χ0v) is 23.9. The Morgan fingerprint density at radius 1 is 1.21 bits per heavy atom. The molecule has 1 aromatic heterocycles. The maximum Gasteiger partial charge on any atom is 0.257 e. The molecule has 6 atom stereocenters. The van der Waals surface area contributed by atoms with Crippen molar-refractivity contribution in [3.8, 4) is 5.75 Å². The number of anilines is 1. The summed E-state index contributed by atoms with van der Waals surface area (Å²) >= 11 is 1.54. The maximum absolute atomic E-state index is 13.4. The Bertz CT molecular complexity index is 1180. The molecule has 2 aromatic rings. The predicted octanol–water partition coefficient (Wildman–Crippen LogP) is 3.87. The summed E-state index contributed by atoms with van der Waals surface area (Å²) in [5.74, 6) is 0.461. The second-order valence-corrected chi connectivity index (χ2v) is 12.8. The summed E-state index contributed by atoms with van der Waals surface area (Å²) in [5.41, 5.74) is 1.45. The smallest absolute Gasteiger partial charge is 0.257 e. The molecule has 2 heterocycles. The van der Waals surface area contributed by atoms with E-state index in [0.717, 1.165) is 51.1 Å². The Labute approximate surface area is 229 Å². The van der Waals surface area contributed by atoms with Gasteiger partial charge >= 0.3 is 0 Å². The van der Waals surface area contributed by atoms with Crippen molar-refractivity contribution in [3.63, 3.8) is 0 Å². The number of methoxy groups -OCH3 is 1. The van der Waals surface area contributed by atoms with Gasteiger partial charge in [0.05, 0.1) is 18.9 Å². The number of hydrogen-bond donors (Lipinski definition) is 2. The number of piperazine rings is 1. The molecule has 2 fully saturated rings. The van der Waals surface area contributed by atoms with Crippen LogP contribution in [0.25, 0.3) is 0 Å². The third kappa shape index (κ3) is 4.96. The predicted molar refractivity (Wildman–Crippen MR) is 149 cm³/mol. The van der Waals surface area contributed by atoms with Crippen molar-refractivity contribution in [2.75, 3.05) is 45.7 Å². The number of likely N-dealkylation sites (N-methyl/N-ethyl adjacent to an activating group) is 1. The minimum atomic E-state index is -0.567. The van der Waals surface area contributed by atoms with E-state index in [-0.39, 0.29) is 40.9 Å². The molecule has 2 aliphatic carbocycles. The quantitative estimate of drug-likeness (QED) is 0.598. The van der Waals surface area contributed by atoms with Crippen LogP contribution in [0, 0.1) is 23.2 Å². The lowest BCUT2D eigenvalue weighted by Gasteiger charge is -2.53. The van der Waals surface area contributed by atoms with Gasteiger partial charge in [-0.15, -0.1) is 11.3 Å². The minimum absolute atomic E-state index is 0.0173. The number of hydrogen-bond acceptors (Lipinski definition) is 7. The van der Waals surface area contributed by atoms with Gasteiger partial charge in [-0.25, -0.2) is 4.98 Å². The third-order valence-electron chi connectivity index (χ3n) is 9.34. The summed E-state index contributed by atoms with van der Waals surface area (Å²) in [7, 11) is 3.68. The van der Waals surface area contributed by atoms with Gasteiger partial charge in [-0.2, -0.15) is 0 Å². The summed E-state index contributed by atoms with van der Waals surface area (Å²) in [4.78, 5) is 36.5. The highest BCUT2D eigenvalue weighted by Crippen LogP contribution is 2.57. The Kier molecular flexibility index (Phi) is 7.55. The van der Waals surface area contributed by atoms with Gasteiger partial charge in [0.15, 0.2) is 5.13 Å². The first kappa shape index (κ1) is 27.1. The Balaban J connectivity index is 1.31. The van der Waals surface area contributed by atoms with Gasteiger partial charge in [0, 0.05) is 48.5 Å². The molecule has 1 saturated carbocycles. The van der Waals surface area contributed by atoms with Crippen LogP contribution in [0.2, 0.25) is 0 Å². The fourth-order valence-electron chi connectivity index (χ4n) is 7.01. The van der Waals surface area contributed by atoms with Gasteiger partial charge < -0.3 is 19.6 Å². The molecule has 9 heteroatoms. The van der Waals surface area contributed by atoms with Crippen LogP contribution in [0.5, 0.6) is 5.75 Å². The van der Waals surface area contributed by atoms with Crippen LogP contribution in [0.3, 0.4) is 0 Å². The lowest BCUT2D eigenvalue weighted by Crippen LogP contribution is -2.55. The molecule has 0 radical (unpaired) electrons. The summed E-state index contributed by atoms with van der Waals surface area (Å²) in [5, 5.41) is 15.3. The van der Waals surface area contributed by atoms with E-state index in [1.54, 1.807) is 42.7 Å². The molecule has 5 rings (SSSR count). The lowest BCUT2D eigenvalue weighted by molar-refractivity contribution is -0.146. The van der Waals surface area contributed by atoms with Crippen LogP contribution in [0.1, 0.15) is 60.5 Å². The number of nitrogens with zero attached hydrogens (tertiary/aromatic N) is 3. The molecule has 3 aliphatic rings. The zero-order chi connectivity index (χ0) is 27.2. The number of thiazole rings is 1. The number of benzene rings is 1. The van der Waals surface area contributed by atoms with E-state index < -0.39 is 6.10 Å². The molecular weight excluding hydrogens is 500 g/mol. The van der Waals surface area contributed by atoms with Crippen LogP contribution in [-0.2, 0) is 11.2 Å². The average molecular weight is 541 g/mol. The monoisotopic (exact) mass is 540 g/mol. The third-order valence-corrected chi connectivity index (χ3v) is 10.3. The number of rotatable bonds is 5. The fourth-order valence-corrected chi connectivity index (χ4v) is 8.27. The molecular formula is C29H40N4O4S. The Morgan fingerprint density at radius 2 is 1.89 bits per heavy atom. The largest absolute Gasteiger partial charge is 0.497 e. The van der Waals surface area contributed by atoms with Gasteiger partial charge in [-0.3, -0.25) is 14.9 Å². The van der Waals surface area contributed by atoms with E-state index in [4.69, 9.17) is 9.72 Å². The normalized spacial score (nSPS) is 30.2. The van der Waals surface area contributed by atoms with Gasteiger partial charge in [-0.1, -0.05) is 20.8 Å². The maximum atomic E-state index is 13.4. The number of ether oxygens (including phenoxy) is 1. The standard InChI is InChI=1S/C29H40N4O4S/c1-17(27(36)33-14-12-32(4)13-15-33)21-10-11-29(3)16-22-24(18(2)23(29)25(21)34)30-28(38-22)31-26(35)19-6-8-20(37-5)9-7-19/h6-9,17-18,21,23,25,34H,10-16H2,1-5H3,(H,30,31,35)/t17-,18-,21-,23+,25-,29+/m0/s1. The number of aromatic nitrogens is 1. The first-order valence-corrected chi connectivity index (χ1v) is 14.5. The zero-order valence-electron chi connectivity index (χ0n) is 23.1. The molecule has 1 saturated heterocycles. The van der Waals surface area contributed by atoms with E-state index in [0.29, 0.717) is 16.4 Å². The van der Waals surface area contributed by atoms with E-state index in [1.807, 2.05) is 11.8 Å². The lowest BCUT2D eigenvalue weighted by atomic mass is 9.53. The van der Waals surface area contributed by atoms with Gasteiger partial charge in [0.2, 0.25) is 5.91 Å². The SMILES string of the molecule is COc1ccc(C(=O)Nc2nc3c(s2)C[C@@]2(C)CC[C@@H]([C@H](C)C(=O)N4CCN(C)CC4)[C@H](O)[C@H]2[C@@H]3C)cc1. The van der Waals surface area contributed by atoms with Crippen molar-refractivity contribution >= 4 is 28.3 Å². The van der Waals surface area contributed by atoms with Crippen molar-refractivity contribution in [2.24, 2.45) is 23.2 Å². The van der Waals surface area contributed by atoms with Crippen molar-refractivity contribution in [3.05, 3.63) is 40.4 Å². The Morgan fingerprint density at radius 3 is 2.55 bits per heavy atom. The summed E-state index contributed by atoms with van der Waals surface area (Å²) in [6.07, 6.45) is 2.08. The van der Waals surface area contributed by atoms with Crippen molar-refractivity contribution in [1.29, 1.82) is 0 Å². The summed E-state index contributed by atoms with van der Waals surface area (Å²) in [6, 6.07) is 7.01. The number of nitrogens with one attached hydrogen (secondary N) is 1. The highest BCUT2D eigenvalue weighted by molar-refractivity contribution is 7.15. The van der Waals surface area contributed by atoms with Crippen molar-refractivity contribution in [1.82, 2.24) is 14.8 Å². The molecule has 8 nitrogen and oxygen atoms in total. The van der Waals surface area contributed by atoms with Crippen molar-refractivity contribution in [2.45, 2.75) is 52.1 Å². The van der Waals surface area contributed by atoms with E-state index in [2.05, 4.69) is 31.1 Å². The molecule has 1 aliphatic heterocycles.